The van der Waals surface area contributed by atoms with Crippen molar-refractivity contribution >= 4 is 22.7 Å². The average Bonchev–Trinajstić information content (AvgIpc) is 3.00. The number of nitrogen functional groups attached to an aromatic ring is 1. The smallest absolute Gasteiger partial charge is 0.469 e. The van der Waals surface area contributed by atoms with Crippen molar-refractivity contribution in [3.8, 4) is 5.75 Å². The van der Waals surface area contributed by atoms with Crippen molar-refractivity contribution in [2.75, 3.05) is 12.8 Å². The van der Waals surface area contributed by atoms with E-state index in [1.54, 1.807) is 28.8 Å². The van der Waals surface area contributed by atoms with Crippen molar-refractivity contribution in [3.63, 3.8) is 0 Å². The van der Waals surface area contributed by atoms with E-state index in [2.05, 4.69) is 4.74 Å². The molecule has 32 heavy (non-hydrogen) atoms. The molecule has 0 saturated carbocycles. The lowest BCUT2D eigenvalue weighted by Crippen LogP contribution is -2.29. The fourth-order valence-corrected chi connectivity index (χ4v) is 3.74. The van der Waals surface area contributed by atoms with Gasteiger partial charge in [-0.1, -0.05) is 31.5 Å². The normalized spacial score (nSPS) is 12.7. The number of halogens is 3. The van der Waals surface area contributed by atoms with Crippen LogP contribution in [0.15, 0.2) is 47.3 Å². The van der Waals surface area contributed by atoms with Crippen LogP contribution in [0.5, 0.6) is 5.75 Å². The van der Waals surface area contributed by atoms with Gasteiger partial charge in [0.1, 0.15) is 0 Å². The summed E-state index contributed by atoms with van der Waals surface area (Å²) in [5.41, 5.74) is 6.70. The van der Waals surface area contributed by atoms with E-state index >= 15 is 0 Å². The number of hydrogen-bond donors (Lipinski definition) is 1. The van der Waals surface area contributed by atoms with E-state index in [0.717, 1.165) is 6.42 Å². The number of esters is 1. The molecule has 10 heteroatoms. The van der Waals surface area contributed by atoms with Crippen molar-refractivity contribution in [3.05, 3.63) is 58.5 Å². The standard InChI is InChI=1S/C22H24F3N3O4/c1-3-6-15(12-20(29)31-2)28-18-8-5-4-7-17(18)27(21(28)30)13-14-9-10-16(26)19(11-14)32-22(23,24)25/h4-5,7-11,15H,3,6,12-13,26H2,1-2H3. The zero-order chi connectivity index (χ0) is 23.5. The number of para-hydroxylation sites is 2. The molecule has 0 aliphatic carbocycles. The highest BCUT2D eigenvalue weighted by molar-refractivity contribution is 5.77. The van der Waals surface area contributed by atoms with Crippen LogP contribution in [0.4, 0.5) is 18.9 Å². The molecule has 1 aromatic heterocycles. The Morgan fingerprint density at radius 2 is 1.84 bits per heavy atom. The monoisotopic (exact) mass is 451 g/mol. The number of ether oxygens (including phenoxy) is 2. The van der Waals surface area contributed by atoms with Gasteiger partial charge in [0.2, 0.25) is 0 Å². The Bertz CT molecular complexity index is 1170. The third-order valence-corrected chi connectivity index (χ3v) is 5.13. The van der Waals surface area contributed by atoms with Crippen LogP contribution in [0.2, 0.25) is 0 Å². The molecule has 2 aromatic carbocycles. The molecule has 0 bridgehead atoms. The summed E-state index contributed by atoms with van der Waals surface area (Å²) in [6.45, 7) is 1.95. The zero-order valence-electron chi connectivity index (χ0n) is 17.7. The van der Waals surface area contributed by atoms with Crippen LogP contribution in [-0.4, -0.2) is 28.6 Å². The summed E-state index contributed by atoms with van der Waals surface area (Å²) < 4.78 is 49.8. The fraction of sp³-hybridized carbons (Fsp3) is 0.364. The highest BCUT2D eigenvalue weighted by atomic mass is 19.4. The topological polar surface area (TPSA) is 88.5 Å². The summed E-state index contributed by atoms with van der Waals surface area (Å²) in [7, 11) is 1.29. The molecule has 0 aliphatic rings. The number of alkyl halides is 3. The SMILES string of the molecule is CCCC(CC(=O)OC)n1c(=O)n(Cc2ccc(N)c(OC(F)(F)F)c2)c2ccccc21. The van der Waals surface area contributed by atoms with Crippen LogP contribution in [0.3, 0.4) is 0 Å². The number of benzene rings is 2. The number of carbonyl (C=O) groups excluding carboxylic acids is 1. The Balaban J connectivity index is 2.07. The maximum atomic E-state index is 13.4. The maximum absolute atomic E-state index is 13.4. The van der Waals surface area contributed by atoms with Crippen molar-refractivity contribution in [2.24, 2.45) is 0 Å². The third-order valence-electron chi connectivity index (χ3n) is 5.13. The van der Waals surface area contributed by atoms with Gasteiger partial charge in [-0.25, -0.2) is 4.79 Å². The Kier molecular flexibility index (Phi) is 6.81. The maximum Gasteiger partial charge on any atom is 0.573 e. The molecule has 0 saturated heterocycles. The largest absolute Gasteiger partial charge is 0.573 e. The van der Waals surface area contributed by atoms with Gasteiger partial charge in [-0.05, 0) is 36.2 Å². The van der Waals surface area contributed by atoms with Crippen LogP contribution < -0.4 is 16.2 Å². The highest BCUT2D eigenvalue weighted by Crippen LogP contribution is 2.30. The molecule has 1 heterocycles. The minimum atomic E-state index is -4.89. The minimum absolute atomic E-state index is 0.00207. The minimum Gasteiger partial charge on any atom is -0.469 e. The molecule has 1 unspecified atom stereocenters. The summed E-state index contributed by atoms with van der Waals surface area (Å²) in [6.07, 6.45) is -3.54. The summed E-state index contributed by atoms with van der Waals surface area (Å²) in [6, 6.07) is 10.7. The van der Waals surface area contributed by atoms with Gasteiger partial charge in [-0.2, -0.15) is 0 Å². The quantitative estimate of drug-likeness (QED) is 0.409. The molecule has 0 aliphatic heterocycles. The van der Waals surface area contributed by atoms with Crippen LogP contribution in [-0.2, 0) is 16.1 Å². The average molecular weight is 451 g/mol. The van der Waals surface area contributed by atoms with Crippen molar-refractivity contribution < 1.29 is 27.4 Å². The molecular formula is C22H24F3N3O4. The van der Waals surface area contributed by atoms with Crippen LogP contribution in [0.25, 0.3) is 11.0 Å². The van der Waals surface area contributed by atoms with Crippen molar-refractivity contribution in [2.45, 2.75) is 45.1 Å². The van der Waals surface area contributed by atoms with Gasteiger partial charge in [0.05, 0.1) is 36.8 Å². The number of rotatable bonds is 8. The zero-order valence-corrected chi connectivity index (χ0v) is 17.7. The number of nitrogens with zero attached hydrogens (tertiary/aromatic N) is 2. The predicted molar refractivity (Wildman–Crippen MR) is 113 cm³/mol. The molecule has 0 radical (unpaired) electrons. The van der Waals surface area contributed by atoms with Gasteiger partial charge < -0.3 is 15.2 Å². The van der Waals surface area contributed by atoms with Gasteiger partial charge in [-0.15, -0.1) is 13.2 Å². The molecule has 3 aromatic rings. The van der Waals surface area contributed by atoms with Gasteiger partial charge in [0.15, 0.2) is 5.75 Å². The molecule has 0 spiro atoms. The predicted octanol–water partition coefficient (Wildman–Crippen LogP) is 4.24. The molecule has 172 valence electrons. The Hall–Kier alpha value is -3.43. The Labute approximate surface area is 182 Å². The summed E-state index contributed by atoms with van der Waals surface area (Å²) >= 11 is 0. The second kappa shape index (κ2) is 9.37. The van der Waals surface area contributed by atoms with E-state index in [9.17, 15) is 22.8 Å². The number of aromatic nitrogens is 2. The molecule has 3 rings (SSSR count). The summed E-state index contributed by atoms with van der Waals surface area (Å²) in [5, 5.41) is 0. The summed E-state index contributed by atoms with van der Waals surface area (Å²) in [5.74, 6) is -0.957. The number of imidazole rings is 1. The third kappa shape index (κ3) is 5.06. The van der Waals surface area contributed by atoms with E-state index in [1.165, 1.54) is 29.9 Å². The summed E-state index contributed by atoms with van der Waals surface area (Å²) in [4.78, 5) is 25.3. The molecule has 0 fully saturated rings. The highest BCUT2D eigenvalue weighted by Gasteiger charge is 2.32. The second-order valence-electron chi connectivity index (χ2n) is 7.37. The number of nitrogens with two attached hydrogens (primary N) is 1. The fourth-order valence-electron chi connectivity index (χ4n) is 3.74. The first-order valence-corrected chi connectivity index (χ1v) is 10.0. The number of anilines is 1. The van der Waals surface area contributed by atoms with Gasteiger partial charge in [-0.3, -0.25) is 13.9 Å². The lowest BCUT2D eigenvalue weighted by atomic mass is 10.1. The Morgan fingerprint density at radius 3 is 2.47 bits per heavy atom. The first-order chi connectivity index (χ1) is 15.1. The molecule has 7 nitrogen and oxygen atoms in total. The van der Waals surface area contributed by atoms with Gasteiger partial charge >= 0.3 is 18.0 Å². The molecule has 0 amide bonds. The number of carbonyl (C=O) groups is 1. The lowest BCUT2D eigenvalue weighted by Gasteiger charge is -2.17. The van der Waals surface area contributed by atoms with Crippen LogP contribution in [0, 0.1) is 0 Å². The van der Waals surface area contributed by atoms with Gasteiger partial charge in [0.25, 0.3) is 0 Å². The van der Waals surface area contributed by atoms with Gasteiger partial charge in [0, 0.05) is 6.04 Å². The first-order valence-electron chi connectivity index (χ1n) is 10.0. The first kappa shape index (κ1) is 23.2. The van der Waals surface area contributed by atoms with Crippen LogP contribution >= 0.6 is 0 Å². The van der Waals surface area contributed by atoms with Crippen molar-refractivity contribution in [1.29, 1.82) is 0 Å². The molecular weight excluding hydrogens is 427 g/mol. The van der Waals surface area contributed by atoms with E-state index in [1.807, 2.05) is 6.92 Å². The van der Waals surface area contributed by atoms with E-state index in [-0.39, 0.29) is 24.3 Å². The number of hydrogen-bond acceptors (Lipinski definition) is 5. The number of fused-ring (bicyclic) bond motifs is 1. The Morgan fingerprint density at radius 1 is 1.16 bits per heavy atom. The molecule has 1 atom stereocenters. The lowest BCUT2D eigenvalue weighted by molar-refractivity contribution is -0.274. The number of methoxy groups -OCH3 is 1. The molecule has 2 N–H and O–H groups in total. The van der Waals surface area contributed by atoms with Crippen LogP contribution in [0.1, 0.15) is 37.8 Å². The van der Waals surface area contributed by atoms with E-state index in [4.69, 9.17) is 10.5 Å². The van der Waals surface area contributed by atoms with E-state index in [0.29, 0.717) is 23.0 Å². The van der Waals surface area contributed by atoms with Crippen molar-refractivity contribution in [1.82, 2.24) is 9.13 Å². The second-order valence-corrected chi connectivity index (χ2v) is 7.37. The van der Waals surface area contributed by atoms with E-state index < -0.39 is 24.1 Å².